The number of rotatable bonds is 1. The number of hydrogen-bond donors (Lipinski definition) is 1. The van der Waals surface area contributed by atoms with Crippen molar-refractivity contribution in [3.63, 3.8) is 0 Å². The van der Waals surface area contributed by atoms with Gasteiger partial charge in [-0.1, -0.05) is 11.6 Å². The molecule has 3 rings (SSSR count). The molecule has 4 heteroatoms. The van der Waals surface area contributed by atoms with Gasteiger partial charge in [-0.2, -0.15) is 0 Å². The second-order valence-electron chi connectivity index (χ2n) is 4.64. The van der Waals surface area contributed by atoms with E-state index < -0.39 is 0 Å². The zero-order chi connectivity index (χ0) is 11.7. The summed E-state index contributed by atoms with van der Waals surface area (Å²) in [5.41, 5.74) is 1.04. The van der Waals surface area contributed by atoms with Crippen LogP contribution in [0, 0.1) is 5.92 Å². The highest BCUT2D eigenvalue weighted by Crippen LogP contribution is 2.32. The third kappa shape index (κ3) is 2.41. The van der Waals surface area contributed by atoms with Crippen molar-refractivity contribution < 1.29 is 9.47 Å². The molecule has 0 radical (unpaired) electrons. The molecule has 2 heterocycles. The minimum Gasteiger partial charge on any atom is -0.464 e. The van der Waals surface area contributed by atoms with Gasteiger partial charge in [0.2, 0.25) is 6.29 Å². The Morgan fingerprint density at radius 2 is 2.06 bits per heavy atom. The standard InChI is InChI=1S/C13H16ClNO2/c14-11-1-2-12-10(7-11)8-16-13(17-12)9-3-5-15-6-4-9/h1-2,7,9,13,15H,3-6,8H2. The smallest absolute Gasteiger partial charge is 0.203 e. The largest absolute Gasteiger partial charge is 0.464 e. The van der Waals surface area contributed by atoms with Crippen LogP contribution in [0.15, 0.2) is 18.2 Å². The third-order valence-electron chi connectivity index (χ3n) is 3.44. The number of nitrogens with one attached hydrogen (secondary N) is 1. The Bertz CT molecular complexity index is 404. The molecule has 2 aliphatic heterocycles. The Morgan fingerprint density at radius 3 is 2.88 bits per heavy atom. The molecule has 1 fully saturated rings. The Labute approximate surface area is 106 Å². The molecule has 1 atom stereocenters. The highest BCUT2D eigenvalue weighted by molar-refractivity contribution is 6.30. The van der Waals surface area contributed by atoms with Gasteiger partial charge in [-0.3, -0.25) is 0 Å². The highest BCUT2D eigenvalue weighted by Gasteiger charge is 2.29. The fraction of sp³-hybridized carbons (Fsp3) is 0.538. The van der Waals surface area contributed by atoms with Crippen LogP contribution in [-0.4, -0.2) is 19.4 Å². The summed E-state index contributed by atoms with van der Waals surface area (Å²) in [6.07, 6.45) is 2.15. The fourth-order valence-corrected chi connectivity index (χ4v) is 2.65. The van der Waals surface area contributed by atoms with Crippen LogP contribution in [0.25, 0.3) is 0 Å². The van der Waals surface area contributed by atoms with Crippen LogP contribution in [0.4, 0.5) is 0 Å². The molecule has 1 unspecified atom stereocenters. The zero-order valence-electron chi connectivity index (χ0n) is 9.62. The van der Waals surface area contributed by atoms with E-state index >= 15 is 0 Å². The molecule has 0 spiro atoms. The minimum atomic E-state index is -0.0919. The van der Waals surface area contributed by atoms with Gasteiger partial charge in [0.15, 0.2) is 0 Å². The maximum Gasteiger partial charge on any atom is 0.203 e. The molecule has 0 saturated carbocycles. The molecule has 17 heavy (non-hydrogen) atoms. The van der Waals surface area contributed by atoms with E-state index in [-0.39, 0.29) is 6.29 Å². The van der Waals surface area contributed by atoms with Crippen molar-refractivity contribution in [1.82, 2.24) is 5.32 Å². The van der Waals surface area contributed by atoms with Crippen LogP contribution in [0.1, 0.15) is 18.4 Å². The van der Waals surface area contributed by atoms with E-state index in [1.54, 1.807) is 0 Å². The lowest BCUT2D eigenvalue weighted by atomic mass is 9.97. The summed E-state index contributed by atoms with van der Waals surface area (Å²) in [6, 6.07) is 5.72. The number of piperidine rings is 1. The normalized spacial score (nSPS) is 25.1. The minimum absolute atomic E-state index is 0.0919. The van der Waals surface area contributed by atoms with Gasteiger partial charge in [0.05, 0.1) is 6.61 Å². The summed E-state index contributed by atoms with van der Waals surface area (Å²) >= 11 is 5.94. The van der Waals surface area contributed by atoms with Crippen molar-refractivity contribution in [2.45, 2.75) is 25.7 Å². The second-order valence-corrected chi connectivity index (χ2v) is 5.07. The lowest BCUT2D eigenvalue weighted by molar-refractivity contribution is -0.145. The third-order valence-corrected chi connectivity index (χ3v) is 3.67. The highest BCUT2D eigenvalue weighted by atomic mass is 35.5. The molecular weight excluding hydrogens is 238 g/mol. The van der Waals surface area contributed by atoms with Crippen LogP contribution in [0.2, 0.25) is 5.02 Å². The number of halogens is 1. The monoisotopic (exact) mass is 253 g/mol. The molecule has 0 aromatic heterocycles. The van der Waals surface area contributed by atoms with E-state index in [0.29, 0.717) is 12.5 Å². The molecule has 0 amide bonds. The lowest BCUT2D eigenvalue weighted by Crippen LogP contribution is -2.39. The van der Waals surface area contributed by atoms with Crippen molar-refractivity contribution in [2.75, 3.05) is 13.1 Å². The molecule has 0 bridgehead atoms. The first kappa shape index (κ1) is 11.3. The lowest BCUT2D eigenvalue weighted by Gasteiger charge is -2.34. The van der Waals surface area contributed by atoms with Crippen LogP contribution >= 0.6 is 11.6 Å². The molecule has 1 saturated heterocycles. The van der Waals surface area contributed by atoms with Gasteiger partial charge in [0.1, 0.15) is 5.75 Å². The molecule has 1 aromatic rings. The van der Waals surface area contributed by atoms with E-state index in [2.05, 4.69) is 5.32 Å². The van der Waals surface area contributed by atoms with Crippen molar-refractivity contribution >= 4 is 11.6 Å². The maximum atomic E-state index is 5.94. The predicted octanol–water partition coefficient (Wildman–Crippen LogP) is 2.57. The van der Waals surface area contributed by atoms with Crippen LogP contribution in [0.5, 0.6) is 5.75 Å². The van der Waals surface area contributed by atoms with E-state index in [1.165, 1.54) is 0 Å². The molecular formula is C13H16ClNO2. The Balaban J connectivity index is 1.73. The summed E-state index contributed by atoms with van der Waals surface area (Å²) < 4.78 is 11.7. The number of hydrogen-bond acceptors (Lipinski definition) is 3. The Hall–Kier alpha value is -0.770. The maximum absolute atomic E-state index is 5.94. The van der Waals surface area contributed by atoms with Crippen molar-refractivity contribution in [3.8, 4) is 5.75 Å². The molecule has 92 valence electrons. The van der Waals surface area contributed by atoms with E-state index in [0.717, 1.165) is 42.3 Å². The SMILES string of the molecule is Clc1ccc2c(c1)COC(C1CCNCC1)O2. The summed E-state index contributed by atoms with van der Waals surface area (Å²) in [7, 11) is 0. The Morgan fingerprint density at radius 1 is 1.24 bits per heavy atom. The van der Waals surface area contributed by atoms with E-state index in [4.69, 9.17) is 21.1 Å². The van der Waals surface area contributed by atoms with E-state index in [9.17, 15) is 0 Å². The molecule has 3 nitrogen and oxygen atoms in total. The van der Waals surface area contributed by atoms with Crippen LogP contribution in [-0.2, 0) is 11.3 Å². The molecule has 2 aliphatic rings. The second kappa shape index (κ2) is 4.84. The van der Waals surface area contributed by atoms with Gasteiger partial charge < -0.3 is 14.8 Å². The van der Waals surface area contributed by atoms with Crippen molar-refractivity contribution in [1.29, 1.82) is 0 Å². The van der Waals surface area contributed by atoms with Gasteiger partial charge in [-0.05, 0) is 44.1 Å². The Kier molecular flexibility index (Phi) is 3.23. The van der Waals surface area contributed by atoms with Gasteiger partial charge in [0, 0.05) is 16.5 Å². The fourth-order valence-electron chi connectivity index (χ4n) is 2.46. The van der Waals surface area contributed by atoms with Gasteiger partial charge in [0.25, 0.3) is 0 Å². The summed E-state index contributed by atoms with van der Waals surface area (Å²) in [5.74, 6) is 1.42. The van der Waals surface area contributed by atoms with Gasteiger partial charge in [-0.15, -0.1) is 0 Å². The van der Waals surface area contributed by atoms with Crippen molar-refractivity contribution in [2.24, 2.45) is 5.92 Å². The first-order valence-corrected chi connectivity index (χ1v) is 6.48. The van der Waals surface area contributed by atoms with Crippen LogP contribution < -0.4 is 10.1 Å². The average Bonchev–Trinajstić information content (AvgIpc) is 2.39. The summed E-state index contributed by atoms with van der Waals surface area (Å²) in [6.45, 7) is 2.72. The molecule has 1 N–H and O–H groups in total. The average molecular weight is 254 g/mol. The van der Waals surface area contributed by atoms with E-state index in [1.807, 2.05) is 18.2 Å². The quantitative estimate of drug-likeness (QED) is 0.835. The summed E-state index contributed by atoms with van der Waals surface area (Å²) in [5, 5.41) is 4.08. The van der Waals surface area contributed by atoms with Crippen molar-refractivity contribution in [3.05, 3.63) is 28.8 Å². The van der Waals surface area contributed by atoms with Crippen LogP contribution in [0.3, 0.4) is 0 Å². The predicted molar refractivity (Wildman–Crippen MR) is 66.3 cm³/mol. The molecule has 1 aromatic carbocycles. The topological polar surface area (TPSA) is 30.5 Å². The summed E-state index contributed by atoms with van der Waals surface area (Å²) in [4.78, 5) is 0. The first-order valence-electron chi connectivity index (χ1n) is 6.10. The molecule has 0 aliphatic carbocycles. The van der Waals surface area contributed by atoms with Gasteiger partial charge >= 0.3 is 0 Å². The number of fused-ring (bicyclic) bond motifs is 1. The number of ether oxygens (including phenoxy) is 2. The van der Waals surface area contributed by atoms with Gasteiger partial charge in [-0.25, -0.2) is 0 Å². The first-order chi connectivity index (χ1) is 8.33. The number of benzene rings is 1. The zero-order valence-corrected chi connectivity index (χ0v) is 10.4.